The number of hydrogen-bond acceptors (Lipinski definition) is 2. The fraction of sp³-hybridized carbons (Fsp3) is 0.250. The van der Waals surface area contributed by atoms with Crippen LogP contribution in [-0.4, -0.2) is 7.11 Å². The lowest BCUT2D eigenvalue weighted by atomic mass is 10.2. The zero-order valence-electron chi connectivity index (χ0n) is 6.60. The summed E-state index contributed by atoms with van der Waals surface area (Å²) >= 11 is 5.64. The van der Waals surface area contributed by atoms with E-state index in [1.165, 1.54) is 0 Å². The van der Waals surface area contributed by atoms with Crippen molar-refractivity contribution in [3.8, 4) is 5.75 Å². The molecule has 12 heavy (non-hydrogen) atoms. The van der Waals surface area contributed by atoms with E-state index in [1.54, 1.807) is 7.11 Å². The van der Waals surface area contributed by atoms with Gasteiger partial charge in [-0.25, -0.2) is 0 Å². The predicted octanol–water partition coefficient (Wildman–Crippen LogP) is 2.52. The van der Waals surface area contributed by atoms with Crippen molar-refractivity contribution in [3.63, 3.8) is 0 Å². The third-order valence-electron chi connectivity index (χ3n) is 1.54. The topological polar surface area (TPSA) is 35.2 Å². The van der Waals surface area contributed by atoms with Gasteiger partial charge in [-0.15, -0.1) is 0 Å². The van der Waals surface area contributed by atoms with Gasteiger partial charge in [-0.05, 0) is 56.2 Å². The Bertz CT molecular complexity index is 261. The molecule has 66 valence electrons. The molecule has 0 unspecified atom stereocenters. The van der Waals surface area contributed by atoms with Crippen LogP contribution in [0.15, 0.2) is 16.6 Å². The second-order valence-electron chi connectivity index (χ2n) is 2.28. The third kappa shape index (κ3) is 2.11. The first kappa shape index (κ1) is 10.3. The molecule has 0 fully saturated rings. The number of rotatable bonds is 2. The zero-order chi connectivity index (χ0) is 9.14. The number of halogens is 2. The van der Waals surface area contributed by atoms with Crippen LogP contribution in [0.4, 0.5) is 0 Å². The Kier molecular flexibility index (Phi) is 3.79. The van der Waals surface area contributed by atoms with Crippen LogP contribution in [0.25, 0.3) is 0 Å². The molecule has 4 heteroatoms. The van der Waals surface area contributed by atoms with E-state index < -0.39 is 0 Å². The standard InChI is InChI=1S/C8H9BrINO/c1-12-8-3-7(10)5(4-11)2-6(8)9/h2-3H,4,11H2,1H3. The number of nitrogens with two attached hydrogens (primary N) is 1. The molecule has 0 amide bonds. The van der Waals surface area contributed by atoms with E-state index in [-0.39, 0.29) is 0 Å². The van der Waals surface area contributed by atoms with Gasteiger partial charge in [0.15, 0.2) is 0 Å². The van der Waals surface area contributed by atoms with Crippen LogP contribution >= 0.6 is 38.5 Å². The second kappa shape index (κ2) is 4.43. The minimum Gasteiger partial charge on any atom is -0.496 e. The van der Waals surface area contributed by atoms with E-state index >= 15 is 0 Å². The molecule has 0 saturated heterocycles. The van der Waals surface area contributed by atoms with Crippen molar-refractivity contribution in [3.05, 3.63) is 25.7 Å². The number of ether oxygens (including phenoxy) is 1. The van der Waals surface area contributed by atoms with Crippen LogP contribution in [-0.2, 0) is 6.54 Å². The maximum atomic E-state index is 5.54. The van der Waals surface area contributed by atoms with Crippen LogP contribution < -0.4 is 10.5 Å². The fourth-order valence-electron chi connectivity index (χ4n) is 0.883. The molecular weight excluding hydrogens is 333 g/mol. The number of hydrogen-bond donors (Lipinski definition) is 1. The Hall–Kier alpha value is 0.190. The summed E-state index contributed by atoms with van der Waals surface area (Å²) in [6.07, 6.45) is 0. The molecule has 0 bridgehead atoms. The molecule has 0 radical (unpaired) electrons. The first-order valence-corrected chi connectivity index (χ1v) is 5.28. The minimum atomic E-state index is 0.556. The van der Waals surface area contributed by atoms with Gasteiger partial charge < -0.3 is 10.5 Å². The third-order valence-corrected chi connectivity index (χ3v) is 3.16. The Morgan fingerprint density at radius 2 is 2.25 bits per heavy atom. The van der Waals surface area contributed by atoms with Crippen molar-refractivity contribution in [2.75, 3.05) is 7.11 Å². The van der Waals surface area contributed by atoms with Crippen molar-refractivity contribution >= 4 is 38.5 Å². The van der Waals surface area contributed by atoms with E-state index in [1.807, 2.05) is 12.1 Å². The van der Waals surface area contributed by atoms with Gasteiger partial charge >= 0.3 is 0 Å². The molecule has 1 aromatic carbocycles. The van der Waals surface area contributed by atoms with Crippen molar-refractivity contribution in [1.82, 2.24) is 0 Å². The molecule has 2 N–H and O–H groups in total. The molecular formula is C8H9BrINO. The van der Waals surface area contributed by atoms with Gasteiger partial charge in [-0.1, -0.05) is 0 Å². The van der Waals surface area contributed by atoms with Gasteiger partial charge in [0.1, 0.15) is 5.75 Å². The molecule has 0 aliphatic carbocycles. The maximum absolute atomic E-state index is 5.54. The van der Waals surface area contributed by atoms with Crippen molar-refractivity contribution in [2.24, 2.45) is 5.73 Å². The molecule has 0 aliphatic rings. The van der Waals surface area contributed by atoms with Crippen LogP contribution in [0.2, 0.25) is 0 Å². The van der Waals surface area contributed by atoms with E-state index in [9.17, 15) is 0 Å². The molecule has 2 nitrogen and oxygen atoms in total. The highest BCUT2D eigenvalue weighted by Gasteiger charge is 2.04. The highest BCUT2D eigenvalue weighted by Crippen LogP contribution is 2.29. The highest BCUT2D eigenvalue weighted by molar-refractivity contribution is 14.1. The minimum absolute atomic E-state index is 0.556. The van der Waals surface area contributed by atoms with Crippen LogP contribution in [0, 0.1) is 3.57 Å². The predicted molar refractivity (Wildman–Crippen MR) is 61.3 cm³/mol. The molecule has 0 aliphatic heterocycles. The van der Waals surface area contributed by atoms with Crippen molar-refractivity contribution in [1.29, 1.82) is 0 Å². The van der Waals surface area contributed by atoms with Gasteiger partial charge in [0.05, 0.1) is 11.6 Å². The molecule has 1 rings (SSSR count). The summed E-state index contributed by atoms with van der Waals surface area (Å²) in [6, 6.07) is 3.95. The molecule has 0 spiro atoms. The molecule has 0 saturated carbocycles. The van der Waals surface area contributed by atoms with Crippen LogP contribution in [0.1, 0.15) is 5.56 Å². The molecule has 0 heterocycles. The first-order chi connectivity index (χ1) is 5.69. The fourth-order valence-corrected chi connectivity index (χ4v) is 2.09. The SMILES string of the molecule is COc1cc(I)c(CN)cc1Br. The monoisotopic (exact) mass is 341 g/mol. The highest BCUT2D eigenvalue weighted by atomic mass is 127. The lowest BCUT2D eigenvalue weighted by Gasteiger charge is -2.07. The molecule has 0 aromatic heterocycles. The average Bonchev–Trinajstić information content (AvgIpc) is 2.08. The summed E-state index contributed by atoms with van der Waals surface area (Å²) in [7, 11) is 1.65. The first-order valence-electron chi connectivity index (χ1n) is 3.41. The summed E-state index contributed by atoms with van der Waals surface area (Å²) in [5, 5.41) is 0. The largest absolute Gasteiger partial charge is 0.496 e. The summed E-state index contributed by atoms with van der Waals surface area (Å²) in [5.74, 6) is 0.844. The quantitative estimate of drug-likeness (QED) is 0.839. The van der Waals surface area contributed by atoms with Gasteiger partial charge in [-0.2, -0.15) is 0 Å². The summed E-state index contributed by atoms with van der Waals surface area (Å²) in [6.45, 7) is 0.556. The van der Waals surface area contributed by atoms with Gasteiger partial charge in [0, 0.05) is 10.1 Å². The zero-order valence-corrected chi connectivity index (χ0v) is 10.3. The Balaban J connectivity index is 3.16. The normalized spacial score (nSPS) is 10.0. The number of methoxy groups -OCH3 is 1. The lowest BCUT2D eigenvalue weighted by molar-refractivity contribution is 0.411. The average molecular weight is 342 g/mol. The van der Waals surface area contributed by atoms with Gasteiger partial charge in [0.25, 0.3) is 0 Å². The Morgan fingerprint density at radius 1 is 1.58 bits per heavy atom. The Labute approximate surface area is 93.7 Å². The Morgan fingerprint density at radius 3 is 2.75 bits per heavy atom. The summed E-state index contributed by atoms with van der Waals surface area (Å²) < 4.78 is 7.22. The summed E-state index contributed by atoms with van der Waals surface area (Å²) in [5.41, 5.74) is 6.67. The molecule has 0 atom stereocenters. The van der Waals surface area contributed by atoms with Crippen molar-refractivity contribution in [2.45, 2.75) is 6.54 Å². The summed E-state index contributed by atoms with van der Waals surface area (Å²) in [4.78, 5) is 0. The maximum Gasteiger partial charge on any atom is 0.134 e. The van der Waals surface area contributed by atoms with E-state index in [0.717, 1.165) is 19.4 Å². The number of benzene rings is 1. The van der Waals surface area contributed by atoms with Crippen LogP contribution in [0.3, 0.4) is 0 Å². The van der Waals surface area contributed by atoms with Gasteiger partial charge in [0.2, 0.25) is 0 Å². The van der Waals surface area contributed by atoms with E-state index in [4.69, 9.17) is 10.5 Å². The van der Waals surface area contributed by atoms with Gasteiger partial charge in [-0.3, -0.25) is 0 Å². The van der Waals surface area contributed by atoms with Crippen LogP contribution in [0.5, 0.6) is 5.75 Å². The smallest absolute Gasteiger partial charge is 0.134 e. The van der Waals surface area contributed by atoms with E-state index in [0.29, 0.717) is 6.54 Å². The van der Waals surface area contributed by atoms with E-state index in [2.05, 4.69) is 38.5 Å². The molecule has 1 aromatic rings. The lowest BCUT2D eigenvalue weighted by Crippen LogP contribution is -1.99. The van der Waals surface area contributed by atoms with Crippen molar-refractivity contribution < 1.29 is 4.74 Å². The second-order valence-corrected chi connectivity index (χ2v) is 4.30.